The lowest BCUT2D eigenvalue weighted by molar-refractivity contribution is 0.495. The Hall–Kier alpha value is -3.49. The molecule has 144 valence electrons. The lowest BCUT2D eigenvalue weighted by Crippen LogP contribution is -2.36. The minimum atomic E-state index is -0.481. The summed E-state index contributed by atoms with van der Waals surface area (Å²) in [6.45, 7) is 4.59. The van der Waals surface area contributed by atoms with Crippen LogP contribution in [-0.4, -0.2) is 29.3 Å². The van der Waals surface area contributed by atoms with Crippen molar-refractivity contribution in [1.82, 2.24) is 29.3 Å². The topological polar surface area (TPSA) is 101 Å². The first-order valence-corrected chi connectivity index (χ1v) is 8.91. The average molecular weight is 382 g/mol. The van der Waals surface area contributed by atoms with Gasteiger partial charge < -0.3 is 4.98 Å². The third-order valence-corrected chi connectivity index (χ3v) is 4.32. The van der Waals surface area contributed by atoms with E-state index in [1.165, 1.54) is 16.7 Å². The van der Waals surface area contributed by atoms with Gasteiger partial charge in [-0.05, 0) is 23.6 Å². The van der Waals surface area contributed by atoms with Gasteiger partial charge in [-0.15, -0.1) is 0 Å². The number of nitrogens with one attached hydrogen (secondary N) is 2. The summed E-state index contributed by atoms with van der Waals surface area (Å²) in [5, 5.41) is 4.26. The fourth-order valence-electron chi connectivity index (χ4n) is 3.08. The molecule has 0 aliphatic carbocycles. The van der Waals surface area contributed by atoms with E-state index in [1.54, 1.807) is 23.1 Å². The van der Waals surface area contributed by atoms with Gasteiger partial charge in [0.2, 0.25) is 0 Å². The Kier molecular flexibility index (Phi) is 4.42. The second-order valence-electron chi connectivity index (χ2n) is 7.11. The quantitative estimate of drug-likeness (QED) is 0.552. The number of hydrogen-bond donors (Lipinski definition) is 2. The van der Waals surface area contributed by atoms with Crippen LogP contribution in [0.15, 0.2) is 46.2 Å². The lowest BCUT2D eigenvalue weighted by atomic mass is 10.2. The van der Waals surface area contributed by atoms with Crippen LogP contribution in [0.4, 0.5) is 4.39 Å². The van der Waals surface area contributed by atoms with Crippen LogP contribution < -0.4 is 11.2 Å². The van der Waals surface area contributed by atoms with E-state index >= 15 is 0 Å². The first kappa shape index (κ1) is 17.9. The van der Waals surface area contributed by atoms with Gasteiger partial charge in [0.05, 0.1) is 18.3 Å². The van der Waals surface area contributed by atoms with Gasteiger partial charge in [-0.1, -0.05) is 26.0 Å². The highest BCUT2D eigenvalue weighted by Gasteiger charge is 2.15. The Bertz CT molecular complexity index is 1260. The zero-order valence-corrected chi connectivity index (χ0v) is 15.4. The largest absolute Gasteiger partial charge is 0.332 e. The van der Waals surface area contributed by atoms with Crippen LogP contribution in [0.5, 0.6) is 0 Å². The second-order valence-corrected chi connectivity index (χ2v) is 7.11. The molecular formula is C19H19FN6O2. The summed E-state index contributed by atoms with van der Waals surface area (Å²) in [5.41, 5.74) is 1.00. The number of halogens is 1. The molecule has 4 rings (SSSR count). The Morgan fingerprint density at radius 3 is 2.79 bits per heavy atom. The molecule has 2 N–H and O–H groups in total. The van der Waals surface area contributed by atoms with Crippen LogP contribution in [0.1, 0.15) is 19.4 Å². The molecule has 28 heavy (non-hydrogen) atoms. The van der Waals surface area contributed by atoms with Crippen LogP contribution in [0, 0.1) is 11.7 Å². The third-order valence-electron chi connectivity index (χ3n) is 4.32. The molecule has 0 atom stereocenters. The normalized spacial score (nSPS) is 11.6. The minimum Gasteiger partial charge on any atom is -0.332 e. The number of hydrogen-bond acceptors (Lipinski definition) is 4. The van der Waals surface area contributed by atoms with E-state index in [9.17, 15) is 14.0 Å². The highest BCUT2D eigenvalue weighted by Crippen LogP contribution is 2.17. The van der Waals surface area contributed by atoms with Crippen LogP contribution >= 0.6 is 0 Å². The number of aromatic amines is 2. The van der Waals surface area contributed by atoms with Gasteiger partial charge in [0.1, 0.15) is 17.2 Å². The monoisotopic (exact) mass is 382 g/mol. The van der Waals surface area contributed by atoms with Crippen LogP contribution in [-0.2, 0) is 13.1 Å². The van der Waals surface area contributed by atoms with E-state index in [4.69, 9.17) is 0 Å². The maximum Gasteiger partial charge on any atom is 0.330 e. The number of imidazole rings is 1. The summed E-state index contributed by atoms with van der Waals surface area (Å²) < 4.78 is 16.2. The van der Waals surface area contributed by atoms with E-state index in [1.807, 2.05) is 19.9 Å². The summed E-state index contributed by atoms with van der Waals surface area (Å²) in [6.07, 6.45) is 3.34. The zero-order valence-electron chi connectivity index (χ0n) is 15.4. The Labute approximate surface area is 158 Å². The molecule has 4 aromatic rings. The summed E-state index contributed by atoms with van der Waals surface area (Å²) >= 11 is 0. The lowest BCUT2D eigenvalue weighted by Gasteiger charge is -2.06. The highest BCUT2D eigenvalue weighted by atomic mass is 19.1. The summed E-state index contributed by atoms with van der Waals surface area (Å²) in [4.78, 5) is 34.7. The van der Waals surface area contributed by atoms with Crippen LogP contribution in [0.25, 0.3) is 22.6 Å². The van der Waals surface area contributed by atoms with Crippen LogP contribution in [0.3, 0.4) is 0 Å². The molecule has 0 radical (unpaired) electrons. The maximum absolute atomic E-state index is 13.3. The molecule has 0 aliphatic rings. The predicted molar refractivity (Wildman–Crippen MR) is 103 cm³/mol. The van der Waals surface area contributed by atoms with Crippen molar-refractivity contribution in [2.24, 2.45) is 5.92 Å². The van der Waals surface area contributed by atoms with Gasteiger partial charge in [0.15, 0.2) is 5.65 Å². The number of rotatable bonds is 5. The predicted octanol–water partition coefficient (Wildman–Crippen LogP) is 2.12. The first-order chi connectivity index (χ1) is 13.4. The zero-order chi connectivity index (χ0) is 19.8. The van der Waals surface area contributed by atoms with Crippen molar-refractivity contribution in [3.05, 3.63) is 68.9 Å². The molecule has 3 aromatic heterocycles. The summed E-state index contributed by atoms with van der Waals surface area (Å²) in [5.74, 6) is 0.277. The molecular weight excluding hydrogens is 363 g/mol. The van der Waals surface area contributed by atoms with E-state index in [0.29, 0.717) is 24.5 Å². The highest BCUT2D eigenvalue weighted by molar-refractivity contribution is 5.74. The summed E-state index contributed by atoms with van der Waals surface area (Å²) in [6, 6.07) is 6.30. The Morgan fingerprint density at radius 2 is 2.04 bits per heavy atom. The maximum atomic E-state index is 13.3. The van der Waals surface area contributed by atoms with Crippen LogP contribution in [0.2, 0.25) is 0 Å². The van der Waals surface area contributed by atoms with Crippen molar-refractivity contribution in [1.29, 1.82) is 0 Å². The van der Waals surface area contributed by atoms with Crippen molar-refractivity contribution in [3.63, 3.8) is 0 Å². The van der Waals surface area contributed by atoms with E-state index in [2.05, 4.69) is 20.1 Å². The number of fused-ring (bicyclic) bond motifs is 1. The average Bonchev–Trinajstić information content (AvgIpc) is 3.25. The van der Waals surface area contributed by atoms with Crippen molar-refractivity contribution >= 4 is 11.2 Å². The molecule has 0 spiro atoms. The van der Waals surface area contributed by atoms with Gasteiger partial charge in [-0.25, -0.2) is 14.2 Å². The molecule has 0 fully saturated rings. The molecule has 8 nitrogen and oxygen atoms in total. The van der Waals surface area contributed by atoms with E-state index in [-0.39, 0.29) is 22.9 Å². The van der Waals surface area contributed by atoms with E-state index in [0.717, 1.165) is 5.56 Å². The fourth-order valence-corrected chi connectivity index (χ4v) is 3.08. The Balaban J connectivity index is 1.68. The molecule has 0 aliphatic heterocycles. The molecule has 0 saturated carbocycles. The first-order valence-electron chi connectivity index (χ1n) is 8.91. The van der Waals surface area contributed by atoms with Crippen molar-refractivity contribution in [3.8, 4) is 11.4 Å². The molecule has 0 saturated heterocycles. The van der Waals surface area contributed by atoms with Gasteiger partial charge in [-0.2, -0.15) is 5.10 Å². The second kappa shape index (κ2) is 6.91. The molecule has 3 heterocycles. The number of H-pyrrole nitrogens is 2. The smallest absolute Gasteiger partial charge is 0.330 e. The Morgan fingerprint density at radius 1 is 1.21 bits per heavy atom. The van der Waals surface area contributed by atoms with Crippen molar-refractivity contribution in [2.75, 3.05) is 0 Å². The molecule has 9 heteroatoms. The summed E-state index contributed by atoms with van der Waals surface area (Å²) in [7, 11) is 0. The molecule has 0 unspecified atom stereocenters. The van der Waals surface area contributed by atoms with Gasteiger partial charge in [0.25, 0.3) is 5.56 Å². The van der Waals surface area contributed by atoms with Crippen molar-refractivity contribution in [2.45, 2.75) is 26.9 Å². The number of aromatic nitrogens is 6. The van der Waals surface area contributed by atoms with E-state index < -0.39 is 11.2 Å². The minimum absolute atomic E-state index is 0.152. The number of benzene rings is 1. The number of nitrogens with zero attached hydrogens (tertiary/aromatic N) is 4. The molecule has 0 amide bonds. The standard InChI is InChI=1S/C19H19FN6O2/c1-11(2)8-26-18(27)15-17(24-19(26)28)23-16(22-15)13-7-21-25(10-13)9-12-4-3-5-14(20)6-12/h3-7,10-11H,8-9H2,1-2H3,(H,22,23)(H,24,28). The fraction of sp³-hybridized carbons (Fsp3) is 0.263. The molecule has 1 aromatic carbocycles. The SMILES string of the molecule is CC(C)Cn1c(=O)[nH]c2nc(-c3cnn(Cc4cccc(F)c4)c3)[nH]c2c1=O. The van der Waals surface area contributed by atoms with Crippen molar-refractivity contribution < 1.29 is 4.39 Å². The molecule has 0 bridgehead atoms. The van der Waals surface area contributed by atoms with Gasteiger partial charge >= 0.3 is 5.69 Å². The van der Waals surface area contributed by atoms with Gasteiger partial charge in [0, 0.05) is 12.7 Å². The van der Waals surface area contributed by atoms with Gasteiger partial charge in [-0.3, -0.25) is 19.0 Å². The third kappa shape index (κ3) is 3.38.